The number of hydrogen-bond donors (Lipinski definition) is 2. The lowest BCUT2D eigenvalue weighted by Crippen LogP contribution is -2.45. The standard InChI is InChI=1S/C29H27Br2N5O3/c1-17-14-22-23(25(31)13-12-24(22)30)16-35(17)29(39)32-20-9-7-8-19(15-20)27(37)33-26-18(2)34(3)36(28(26)38)21-10-5-4-6-11-21/h4-13,15,17H,14,16H2,1-3H3,(H,32,39)(H,33,37). The number of carbonyl (C=O) groups is 2. The first-order valence-corrected chi connectivity index (χ1v) is 14.0. The van der Waals surface area contributed by atoms with Gasteiger partial charge in [0, 0.05) is 39.8 Å². The molecule has 3 aromatic carbocycles. The average molecular weight is 653 g/mol. The Kier molecular flexibility index (Phi) is 7.51. The molecule has 0 saturated carbocycles. The highest BCUT2D eigenvalue weighted by Gasteiger charge is 2.29. The number of urea groups is 1. The number of nitrogens with zero attached hydrogens (tertiary/aromatic N) is 3. The Morgan fingerprint density at radius 1 is 0.923 bits per heavy atom. The number of carbonyl (C=O) groups excluding carboxylic acids is 2. The summed E-state index contributed by atoms with van der Waals surface area (Å²) in [6.07, 6.45) is 0.724. The summed E-state index contributed by atoms with van der Waals surface area (Å²) in [5.74, 6) is -0.439. The second-order valence-electron chi connectivity index (χ2n) is 9.57. The molecule has 10 heteroatoms. The van der Waals surface area contributed by atoms with Gasteiger partial charge >= 0.3 is 6.03 Å². The predicted molar refractivity (Wildman–Crippen MR) is 160 cm³/mol. The first kappa shape index (κ1) is 27.0. The van der Waals surface area contributed by atoms with Crippen LogP contribution in [0, 0.1) is 6.92 Å². The van der Waals surface area contributed by atoms with E-state index in [4.69, 9.17) is 0 Å². The summed E-state index contributed by atoms with van der Waals surface area (Å²) in [4.78, 5) is 41.4. The lowest BCUT2D eigenvalue weighted by molar-refractivity contribution is 0.102. The largest absolute Gasteiger partial charge is 0.322 e. The van der Waals surface area contributed by atoms with Crippen LogP contribution in [0.1, 0.15) is 34.1 Å². The van der Waals surface area contributed by atoms with Crippen LogP contribution in [0.4, 0.5) is 16.2 Å². The van der Waals surface area contributed by atoms with Crippen LogP contribution in [0.3, 0.4) is 0 Å². The van der Waals surface area contributed by atoms with Crippen molar-refractivity contribution in [2.45, 2.75) is 32.9 Å². The highest BCUT2D eigenvalue weighted by molar-refractivity contribution is 9.11. The zero-order chi connectivity index (χ0) is 27.8. The minimum Gasteiger partial charge on any atom is -0.317 e. The maximum Gasteiger partial charge on any atom is 0.322 e. The molecular weight excluding hydrogens is 626 g/mol. The Labute approximate surface area is 242 Å². The zero-order valence-electron chi connectivity index (χ0n) is 21.7. The van der Waals surface area contributed by atoms with Crippen molar-refractivity contribution in [3.63, 3.8) is 0 Å². The van der Waals surface area contributed by atoms with Crippen molar-refractivity contribution in [1.29, 1.82) is 0 Å². The number of para-hydroxylation sites is 1. The summed E-state index contributed by atoms with van der Waals surface area (Å²) in [7, 11) is 1.77. The van der Waals surface area contributed by atoms with Gasteiger partial charge in [0.15, 0.2) is 0 Å². The first-order valence-electron chi connectivity index (χ1n) is 12.4. The van der Waals surface area contributed by atoms with Gasteiger partial charge in [0.25, 0.3) is 11.5 Å². The van der Waals surface area contributed by atoms with E-state index in [9.17, 15) is 14.4 Å². The Hall–Kier alpha value is -3.63. The van der Waals surface area contributed by atoms with E-state index in [0.717, 1.165) is 20.9 Å². The molecule has 1 aromatic heterocycles. The van der Waals surface area contributed by atoms with E-state index in [1.807, 2.05) is 49.4 Å². The van der Waals surface area contributed by atoms with E-state index < -0.39 is 5.91 Å². The fraction of sp³-hybridized carbons (Fsp3) is 0.207. The smallest absolute Gasteiger partial charge is 0.317 e. The third-order valence-corrected chi connectivity index (χ3v) is 8.59. The zero-order valence-corrected chi connectivity index (χ0v) is 24.8. The molecule has 0 radical (unpaired) electrons. The maximum atomic E-state index is 13.3. The number of anilines is 2. The fourth-order valence-corrected chi connectivity index (χ4v) is 5.89. The van der Waals surface area contributed by atoms with Crippen LogP contribution in [-0.4, -0.2) is 32.2 Å². The van der Waals surface area contributed by atoms with Gasteiger partial charge in [-0.25, -0.2) is 9.48 Å². The van der Waals surface area contributed by atoms with Crippen LogP contribution >= 0.6 is 31.9 Å². The molecule has 0 fully saturated rings. The molecule has 5 rings (SSSR count). The van der Waals surface area contributed by atoms with Gasteiger partial charge in [-0.15, -0.1) is 0 Å². The van der Waals surface area contributed by atoms with E-state index in [-0.39, 0.29) is 23.3 Å². The van der Waals surface area contributed by atoms with Crippen LogP contribution in [-0.2, 0) is 20.0 Å². The van der Waals surface area contributed by atoms with Gasteiger partial charge in [0.05, 0.1) is 11.4 Å². The van der Waals surface area contributed by atoms with Gasteiger partial charge < -0.3 is 15.5 Å². The number of rotatable bonds is 4. The Morgan fingerprint density at radius 2 is 1.62 bits per heavy atom. The number of halogens is 2. The number of nitrogens with one attached hydrogen (secondary N) is 2. The molecule has 2 N–H and O–H groups in total. The third kappa shape index (κ3) is 5.18. The molecule has 3 amide bonds. The minimum atomic E-state index is -0.439. The fourth-order valence-electron chi connectivity index (χ4n) is 4.86. The minimum absolute atomic E-state index is 0.0116. The molecule has 0 saturated heterocycles. The Balaban J connectivity index is 1.34. The summed E-state index contributed by atoms with van der Waals surface area (Å²) < 4.78 is 5.22. The number of benzene rings is 3. The molecule has 8 nitrogen and oxygen atoms in total. The summed E-state index contributed by atoms with van der Waals surface area (Å²) >= 11 is 7.24. The van der Waals surface area contributed by atoms with Crippen LogP contribution in [0.25, 0.3) is 5.69 Å². The van der Waals surface area contributed by atoms with Crippen molar-refractivity contribution < 1.29 is 9.59 Å². The molecule has 1 aliphatic heterocycles. The predicted octanol–water partition coefficient (Wildman–Crippen LogP) is 6.24. The number of fused-ring (bicyclic) bond motifs is 1. The van der Waals surface area contributed by atoms with Crippen molar-refractivity contribution in [2.75, 3.05) is 10.6 Å². The Bertz CT molecular complexity index is 1640. The average Bonchev–Trinajstić information content (AvgIpc) is 3.14. The normalized spacial score (nSPS) is 14.6. The quantitative estimate of drug-likeness (QED) is 0.274. The molecule has 1 unspecified atom stereocenters. The van der Waals surface area contributed by atoms with Crippen LogP contribution in [0.2, 0.25) is 0 Å². The number of hydrogen-bond acceptors (Lipinski definition) is 3. The van der Waals surface area contributed by atoms with Gasteiger partial charge in [0.2, 0.25) is 0 Å². The van der Waals surface area contributed by atoms with E-state index in [1.165, 1.54) is 10.2 Å². The number of aromatic nitrogens is 2. The van der Waals surface area contributed by atoms with E-state index >= 15 is 0 Å². The highest BCUT2D eigenvalue weighted by Crippen LogP contribution is 2.34. The second-order valence-corrected chi connectivity index (χ2v) is 11.3. The molecule has 0 bridgehead atoms. The van der Waals surface area contributed by atoms with Crippen LogP contribution < -0.4 is 16.2 Å². The van der Waals surface area contributed by atoms with Gasteiger partial charge in [-0.2, -0.15) is 0 Å². The summed E-state index contributed by atoms with van der Waals surface area (Å²) in [5.41, 5.74) is 4.30. The molecule has 0 spiro atoms. The summed E-state index contributed by atoms with van der Waals surface area (Å²) in [6.45, 7) is 4.26. The van der Waals surface area contributed by atoms with Gasteiger partial charge in [-0.1, -0.05) is 56.1 Å². The highest BCUT2D eigenvalue weighted by atomic mass is 79.9. The molecule has 1 aliphatic rings. The van der Waals surface area contributed by atoms with E-state index in [1.54, 1.807) is 47.8 Å². The van der Waals surface area contributed by atoms with E-state index in [0.29, 0.717) is 29.2 Å². The van der Waals surface area contributed by atoms with Crippen LogP contribution in [0.15, 0.2) is 80.5 Å². The van der Waals surface area contributed by atoms with Crippen LogP contribution in [0.5, 0.6) is 0 Å². The first-order chi connectivity index (χ1) is 18.7. The van der Waals surface area contributed by atoms with Crippen molar-refractivity contribution in [2.24, 2.45) is 7.05 Å². The SMILES string of the molecule is Cc1c(NC(=O)c2cccc(NC(=O)N3Cc4c(Br)ccc(Br)c4CC3C)c2)c(=O)n(-c2ccccc2)n1C. The molecule has 1 atom stereocenters. The van der Waals surface area contributed by atoms with Gasteiger partial charge in [-0.3, -0.25) is 14.3 Å². The van der Waals surface area contributed by atoms with Crippen molar-refractivity contribution in [3.8, 4) is 5.69 Å². The lowest BCUT2D eigenvalue weighted by Gasteiger charge is -2.36. The maximum absolute atomic E-state index is 13.3. The van der Waals surface area contributed by atoms with Crippen molar-refractivity contribution >= 4 is 55.2 Å². The third-order valence-electron chi connectivity index (χ3n) is 7.11. The van der Waals surface area contributed by atoms with E-state index in [2.05, 4.69) is 42.5 Å². The molecule has 4 aromatic rings. The van der Waals surface area contributed by atoms with Crippen molar-refractivity contribution in [1.82, 2.24) is 14.3 Å². The van der Waals surface area contributed by atoms with Gasteiger partial charge in [-0.05, 0) is 73.9 Å². The molecule has 200 valence electrons. The summed E-state index contributed by atoms with van der Waals surface area (Å²) in [6, 6.07) is 19.7. The van der Waals surface area contributed by atoms with Crippen molar-refractivity contribution in [3.05, 3.63) is 108 Å². The van der Waals surface area contributed by atoms with Gasteiger partial charge in [0.1, 0.15) is 5.69 Å². The lowest BCUT2D eigenvalue weighted by atomic mass is 9.95. The topological polar surface area (TPSA) is 88.4 Å². The molecular formula is C29H27Br2N5O3. The molecule has 0 aliphatic carbocycles. The Morgan fingerprint density at radius 3 is 2.33 bits per heavy atom. The monoisotopic (exact) mass is 651 g/mol. The summed E-state index contributed by atoms with van der Waals surface area (Å²) in [5, 5.41) is 5.71. The molecule has 2 heterocycles. The second kappa shape index (κ2) is 10.9. The number of amides is 3. The molecule has 39 heavy (non-hydrogen) atoms.